The zero-order chi connectivity index (χ0) is 13.1. The lowest BCUT2D eigenvalue weighted by Crippen LogP contribution is -2.14. The Kier molecular flexibility index (Phi) is 2.96. The van der Waals surface area contributed by atoms with Crippen LogP contribution >= 0.6 is 0 Å². The molecule has 0 aliphatic heterocycles. The van der Waals surface area contributed by atoms with E-state index in [0.29, 0.717) is 11.3 Å². The van der Waals surface area contributed by atoms with Gasteiger partial charge in [-0.25, -0.2) is 0 Å². The van der Waals surface area contributed by atoms with Crippen molar-refractivity contribution >= 4 is 17.3 Å². The van der Waals surface area contributed by atoms with E-state index in [2.05, 4.69) is 25.9 Å². The minimum atomic E-state index is -0.590. The van der Waals surface area contributed by atoms with Gasteiger partial charge in [-0.1, -0.05) is 6.07 Å². The molecule has 0 saturated heterocycles. The SMILES string of the molecule is Cc1ccc([N+](=O)[O-])cc1NC(=O)c1nn[nH]n1. The number of hydrogen-bond acceptors (Lipinski definition) is 6. The van der Waals surface area contributed by atoms with Gasteiger partial charge in [0.2, 0.25) is 0 Å². The molecule has 0 bridgehead atoms. The van der Waals surface area contributed by atoms with Gasteiger partial charge < -0.3 is 5.32 Å². The average molecular weight is 248 g/mol. The minimum absolute atomic E-state index is 0.107. The van der Waals surface area contributed by atoms with Crippen LogP contribution in [0.2, 0.25) is 0 Å². The monoisotopic (exact) mass is 248 g/mol. The molecular weight excluding hydrogens is 240 g/mol. The number of anilines is 1. The van der Waals surface area contributed by atoms with Crippen LogP contribution in [0.4, 0.5) is 11.4 Å². The summed E-state index contributed by atoms with van der Waals surface area (Å²) in [6, 6.07) is 4.18. The highest BCUT2D eigenvalue weighted by Gasteiger charge is 2.14. The van der Waals surface area contributed by atoms with E-state index in [0.717, 1.165) is 0 Å². The number of aromatic amines is 1. The second-order valence-corrected chi connectivity index (χ2v) is 3.45. The molecular formula is C9H8N6O3. The number of nitro groups is 1. The third kappa shape index (κ3) is 2.29. The third-order valence-electron chi connectivity index (χ3n) is 2.23. The number of benzene rings is 1. The number of aromatic nitrogens is 4. The quantitative estimate of drug-likeness (QED) is 0.607. The molecule has 0 aliphatic carbocycles. The number of nitro benzene ring substituents is 1. The maximum Gasteiger partial charge on any atom is 0.297 e. The summed E-state index contributed by atoms with van der Waals surface area (Å²) in [6.45, 7) is 1.72. The lowest BCUT2D eigenvalue weighted by Gasteiger charge is -2.05. The third-order valence-corrected chi connectivity index (χ3v) is 2.23. The van der Waals surface area contributed by atoms with Gasteiger partial charge in [0, 0.05) is 12.1 Å². The summed E-state index contributed by atoms with van der Waals surface area (Å²) in [4.78, 5) is 21.7. The molecule has 0 saturated carbocycles. The first-order chi connectivity index (χ1) is 8.58. The van der Waals surface area contributed by atoms with E-state index in [9.17, 15) is 14.9 Å². The van der Waals surface area contributed by atoms with Crippen molar-refractivity contribution in [3.8, 4) is 0 Å². The lowest BCUT2D eigenvalue weighted by molar-refractivity contribution is -0.384. The van der Waals surface area contributed by atoms with Crippen molar-refractivity contribution in [2.75, 3.05) is 5.32 Å². The molecule has 2 rings (SSSR count). The van der Waals surface area contributed by atoms with Crippen LogP contribution in [0.1, 0.15) is 16.2 Å². The minimum Gasteiger partial charge on any atom is -0.319 e. The maximum absolute atomic E-state index is 11.6. The van der Waals surface area contributed by atoms with Crippen molar-refractivity contribution in [3.05, 3.63) is 39.7 Å². The van der Waals surface area contributed by atoms with E-state index in [1.165, 1.54) is 12.1 Å². The fraction of sp³-hybridized carbons (Fsp3) is 0.111. The number of carbonyl (C=O) groups excluding carboxylic acids is 1. The van der Waals surface area contributed by atoms with Gasteiger partial charge >= 0.3 is 0 Å². The number of nitrogens with zero attached hydrogens (tertiary/aromatic N) is 4. The van der Waals surface area contributed by atoms with Gasteiger partial charge in [-0.15, -0.1) is 10.2 Å². The van der Waals surface area contributed by atoms with Gasteiger partial charge in [-0.05, 0) is 17.7 Å². The Hall–Kier alpha value is -2.84. The van der Waals surface area contributed by atoms with Crippen LogP contribution in [0.15, 0.2) is 18.2 Å². The van der Waals surface area contributed by atoms with Crippen LogP contribution in [0.25, 0.3) is 0 Å². The number of carbonyl (C=O) groups is 1. The normalized spacial score (nSPS) is 10.1. The Labute approximate surface area is 100 Å². The predicted octanol–water partition coefficient (Wildman–Crippen LogP) is 0.669. The zero-order valence-electron chi connectivity index (χ0n) is 9.25. The summed E-state index contributed by atoms with van der Waals surface area (Å²) in [5, 5.41) is 25.5. The Morgan fingerprint density at radius 1 is 1.50 bits per heavy atom. The Morgan fingerprint density at radius 3 is 2.89 bits per heavy atom. The number of tetrazole rings is 1. The first kappa shape index (κ1) is 11.6. The Bertz CT molecular complexity index is 594. The number of H-pyrrole nitrogens is 1. The largest absolute Gasteiger partial charge is 0.319 e. The highest BCUT2D eigenvalue weighted by atomic mass is 16.6. The molecule has 1 heterocycles. The van der Waals surface area contributed by atoms with Crippen molar-refractivity contribution in [2.24, 2.45) is 0 Å². The summed E-state index contributed by atoms with van der Waals surface area (Å²) in [7, 11) is 0. The molecule has 18 heavy (non-hydrogen) atoms. The molecule has 0 fully saturated rings. The second kappa shape index (κ2) is 4.57. The molecule has 0 radical (unpaired) electrons. The topological polar surface area (TPSA) is 127 Å². The van der Waals surface area contributed by atoms with Crippen LogP contribution in [0.3, 0.4) is 0 Å². The first-order valence-corrected chi connectivity index (χ1v) is 4.88. The zero-order valence-corrected chi connectivity index (χ0v) is 9.25. The van der Waals surface area contributed by atoms with Crippen molar-refractivity contribution in [1.29, 1.82) is 0 Å². The summed E-state index contributed by atoms with van der Waals surface area (Å²) >= 11 is 0. The van der Waals surface area contributed by atoms with Gasteiger partial charge in [0.1, 0.15) is 0 Å². The van der Waals surface area contributed by atoms with Gasteiger partial charge in [-0.2, -0.15) is 5.21 Å². The van der Waals surface area contributed by atoms with Crippen molar-refractivity contribution in [2.45, 2.75) is 6.92 Å². The van der Waals surface area contributed by atoms with E-state index < -0.39 is 10.8 Å². The molecule has 2 N–H and O–H groups in total. The summed E-state index contributed by atoms with van der Waals surface area (Å²) < 4.78 is 0. The van der Waals surface area contributed by atoms with Gasteiger partial charge in [-0.3, -0.25) is 14.9 Å². The van der Waals surface area contributed by atoms with E-state index in [1.807, 2.05) is 0 Å². The number of amides is 1. The number of rotatable bonds is 3. The molecule has 1 amide bonds. The summed E-state index contributed by atoms with van der Waals surface area (Å²) in [6.07, 6.45) is 0. The summed E-state index contributed by atoms with van der Waals surface area (Å²) in [5.41, 5.74) is 0.917. The predicted molar refractivity (Wildman–Crippen MR) is 60.0 cm³/mol. The lowest BCUT2D eigenvalue weighted by atomic mass is 10.2. The molecule has 0 atom stereocenters. The van der Waals surface area contributed by atoms with E-state index in [-0.39, 0.29) is 11.5 Å². The van der Waals surface area contributed by atoms with E-state index in [4.69, 9.17) is 0 Å². The first-order valence-electron chi connectivity index (χ1n) is 4.88. The van der Waals surface area contributed by atoms with Crippen LogP contribution < -0.4 is 5.32 Å². The van der Waals surface area contributed by atoms with Gasteiger partial charge in [0.25, 0.3) is 17.4 Å². The van der Waals surface area contributed by atoms with E-state index >= 15 is 0 Å². The molecule has 9 heteroatoms. The highest BCUT2D eigenvalue weighted by Crippen LogP contribution is 2.21. The van der Waals surface area contributed by atoms with Crippen molar-refractivity contribution in [1.82, 2.24) is 20.6 Å². The molecule has 92 valence electrons. The number of non-ortho nitro benzene ring substituents is 1. The maximum atomic E-state index is 11.6. The highest BCUT2D eigenvalue weighted by molar-refractivity contribution is 6.01. The van der Waals surface area contributed by atoms with Crippen LogP contribution in [0, 0.1) is 17.0 Å². The van der Waals surface area contributed by atoms with Crippen LogP contribution in [0.5, 0.6) is 0 Å². The van der Waals surface area contributed by atoms with E-state index in [1.54, 1.807) is 13.0 Å². The molecule has 0 spiro atoms. The van der Waals surface area contributed by atoms with Crippen LogP contribution in [-0.2, 0) is 0 Å². The van der Waals surface area contributed by atoms with Crippen molar-refractivity contribution in [3.63, 3.8) is 0 Å². The van der Waals surface area contributed by atoms with Gasteiger partial charge in [0.15, 0.2) is 0 Å². The molecule has 9 nitrogen and oxygen atoms in total. The summed E-state index contributed by atoms with van der Waals surface area (Å²) in [5.74, 6) is -0.728. The standard InChI is InChI=1S/C9H8N6O3/c1-5-2-3-6(15(17)18)4-7(5)10-9(16)8-11-13-14-12-8/h2-4H,1H3,(H,10,16)(H,11,12,13,14). The fourth-order valence-electron chi connectivity index (χ4n) is 1.29. The van der Waals surface area contributed by atoms with Gasteiger partial charge in [0.05, 0.1) is 10.6 Å². The van der Waals surface area contributed by atoms with Crippen molar-refractivity contribution < 1.29 is 9.72 Å². The fourth-order valence-corrected chi connectivity index (χ4v) is 1.29. The number of aryl methyl sites for hydroxylation is 1. The molecule has 0 aliphatic rings. The average Bonchev–Trinajstić information content (AvgIpc) is 2.85. The Morgan fingerprint density at radius 2 is 2.28 bits per heavy atom. The smallest absolute Gasteiger partial charge is 0.297 e. The second-order valence-electron chi connectivity index (χ2n) is 3.45. The van der Waals surface area contributed by atoms with Crippen LogP contribution in [-0.4, -0.2) is 31.5 Å². The Balaban J connectivity index is 2.26. The molecule has 2 aromatic rings. The number of nitrogens with one attached hydrogen (secondary N) is 2. The molecule has 1 aromatic heterocycles. The molecule has 0 unspecified atom stereocenters. The molecule has 1 aromatic carbocycles. The number of hydrogen-bond donors (Lipinski definition) is 2.